The van der Waals surface area contributed by atoms with Crippen molar-refractivity contribution in [2.75, 3.05) is 18.0 Å². The van der Waals surface area contributed by atoms with E-state index in [0.717, 1.165) is 24.9 Å². The Morgan fingerprint density at radius 2 is 2.36 bits per heavy atom. The Labute approximate surface area is 82.3 Å². The average Bonchev–Trinajstić information content (AvgIpc) is 2.57. The Hall–Kier alpha value is -1.38. The first kappa shape index (κ1) is 9.19. The fraction of sp³-hybridized carbons (Fsp3) is 0.364. The van der Waals surface area contributed by atoms with Gasteiger partial charge in [0.15, 0.2) is 0 Å². The van der Waals surface area contributed by atoms with Crippen molar-refractivity contribution in [2.24, 2.45) is 0 Å². The maximum atomic E-state index is 13.0. The monoisotopic (exact) mass is 193 g/mol. The molecule has 3 heteroatoms. The van der Waals surface area contributed by atoms with Crippen LogP contribution in [0.1, 0.15) is 12.0 Å². The van der Waals surface area contributed by atoms with Crippen LogP contribution in [0.3, 0.4) is 0 Å². The number of hydrogen-bond donors (Lipinski definition) is 0. The van der Waals surface area contributed by atoms with Gasteiger partial charge in [-0.1, -0.05) is 6.07 Å². The second kappa shape index (κ2) is 3.78. The van der Waals surface area contributed by atoms with Gasteiger partial charge in [-0.25, -0.2) is 4.39 Å². The fourth-order valence-electron chi connectivity index (χ4n) is 1.86. The van der Waals surface area contributed by atoms with Crippen LogP contribution in [0.15, 0.2) is 18.2 Å². The third-order valence-corrected chi connectivity index (χ3v) is 2.56. The van der Waals surface area contributed by atoms with Crippen molar-refractivity contribution in [1.29, 1.82) is 0 Å². The Kier molecular flexibility index (Phi) is 2.48. The highest BCUT2D eigenvalue weighted by atomic mass is 19.1. The zero-order chi connectivity index (χ0) is 9.97. The van der Waals surface area contributed by atoms with Crippen LogP contribution in [0.2, 0.25) is 0 Å². The van der Waals surface area contributed by atoms with Crippen LogP contribution in [-0.2, 0) is 11.2 Å². The van der Waals surface area contributed by atoms with E-state index in [4.69, 9.17) is 0 Å². The highest BCUT2D eigenvalue weighted by molar-refractivity contribution is 5.59. The van der Waals surface area contributed by atoms with Crippen molar-refractivity contribution in [2.45, 2.75) is 12.8 Å². The molecule has 0 saturated heterocycles. The predicted molar refractivity (Wildman–Crippen MR) is 53.0 cm³/mol. The van der Waals surface area contributed by atoms with Crippen LogP contribution in [0, 0.1) is 5.82 Å². The molecule has 0 unspecified atom stereocenters. The Morgan fingerprint density at radius 3 is 3.14 bits per heavy atom. The van der Waals surface area contributed by atoms with Crippen molar-refractivity contribution in [3.05, 3.63) is 29.6 Å². The third-order valence-electron chi connectivity index (χ3n) is 2.56. The van der Waals surface area contributed by atoms with E-state index in [0.29, 0.717) is 13.0 Å². The normalized spacial score (nSPS) is 14.2. The van der Waals surface area contributed by atoms with Crippen molar-refractivity contribution >= 4 is 12.0 Å². The van der Waals surface area contributed by atoms with Gasteiger partial charge >= 0.3 is 0 Å². The second-order valence-corrected chi connectivity index (χ2v) is 3.47. The Bertz CT molecular complexity index is 351. The molecule has 14 heavy (non-hydrogen) atoms. The summed E-state index contributed by atoms with van der Waals surface area (Å²) in [6, 6.07) is 4.86. The van der Waals surface area contributed by atoms with Gasteiger partial charge in [0.1, 0.15) is 12.1 Å². The zero-order valence-corrected chi connectivity index (χ0v) is 7.87. The number of aldehydes is 1. The molecule has 0 spiro atoms. The number of carbonyl (C=O) groups excluding carboxylic acids is 1. The Morgan fingerprint density at radius 1 is 1.50 bits per heavy atom. The van der Waals surface area contributed by atoms with Gasteiger partial charge in [0, 0.05) is 25.2 Å². The van der Waals surface area contributed by atoms with Gasteiger partial charge in [0.05, 0.1) is 0 Å². The van der Waals surface area contributed by atoms with Gasteiger partial charge in [-0.05, 0) is 24.1 Å². The first-order chi connectivity index (χ1) is 6.81. The summed E-state index contributed by atoms with van der Waals surface area (Å²) >= 11 is 0. The van der Waals surface area contributed by atoms with Gasteiger partial charge < -0.3 is 9.69 Å². The van der Waals surface area contributed by atoms with Gasteiger partial charge in [-0.2, -0.15) is 0 Å². The number of nitrogens with zero attached hydrogens (tertiary/aromatic N) is 1. The number of hydrogen-bond acceptors (Lipinski definition) is 2. The summed E-state index contributed by atoms with van der Waals surface area (Å²) in [5, 5.41) is 0. The van der Waals surface area contributed by atoms with E-state index in [-0.39, 0.29) is 5.82 Å². The van der Waals surface area contributed by atoms with Crippen LogP contribution in [0.4, 0.5) is 10.1 Å². The van der Waals surface area contributed by atoms with E-state index in [1.807, 2.05) is 6.07 Å². The lowest BCUT2D eigenvalue weighted by Gasteiger charge is -2.17. The summed E-state index contributed by atoms with van der Waals surface area (Å²) in [7, 11) is 0. The van der Waals surface area contributed by atoms with Crippen molar-refractivity contribution in [3.8, 4) is 0 Å². The van der Waals surface area contributed by atoms with Crippen LogP contribution in [-0.4, -0.2) is 19.4 Å². The predicted octanol–water partition coefficient (Wildman–Crippen LogP) is 1.78. The summed E-state index contributed by atoms with van der Waals surface area (Å²) < 4.78 is 13.0. The topological polar surface area (TPSA) is 20.3 Å². The lowest BCUT2D eigenvalue weighted by Crippen LogP contribution is -2.21. The molecule has 1 aromatic carbocycles. The molecule has 0 aromatic heterocycles. The van der Waals surface area contributed by atoms with E-state index in [2.05, 4.69) is 4.90 Å². The molecule has 74 valence electrons. The Balaban J connectivity index is 2.19. The number of benzene rings is 1. The zero-order valence-electron chi connectivity index (χ0n) is 7.87. The smallest absolute Gasteiger partial charge is 0.125 e. The molecular weight excluding hydrogens is 181 g/mol. The van der Waals surface area contributed by atoms with Gasteiger partial charge in [0.2, 0.25) is 0 Å². The summed E-state index contributed by atoms with van der Waals surface area (Å²) in [5.41, 5.74) is 2.13. The summed E-state index contributed by atoms with van der Waals surface area (Å²) in [6.45, 7) is 1.59. The molecule has 0 aliphatic carbocycles. The highest BCUT2D eigenvalue weighted by Crippen LogP contribution is 2.28. The van der Waals surface area contributed by atoms with E-state index in [1.165, 1.54) is 11.6 Å². The third kappa shape index (κ3) is 1.62. The van der Waals surface area contributed by atoms with Gasteiger partial charge in [0.25, 0.3) is 0 Å². The first-order valence-electron chi connectivity index (χ1n) is 4.78. The fourth-order valence-corrected chi connectivity index (χ4v) is 1.86. The van der Waals surface area contributed by atoms with E-state index in [9.17, 15) is 9.18 Å². The lowest BCUT2D eigenvalue weighted by molar-refractivity contribution is -0.107. The minimum Gasteiger partial charge on any atom is -0.370 e. The molecule has 2 rings (SSSR count). The molecule has 0 atom stereocenters. The maximum Gasteiger partial charge on any atom is 0.125 e. The standard InChI is InChI=1S/C11H12FNO/c12-10-3-2-9-4-6-13(5-1-7-14)11(9)8-10/h2-3,7-8H,1,4-6H2. The largest absolute Gasteiger partial charge is 0.370 e. The van der Waals surface area contributed by atoms with E-state index < -0.39 is 0 Å². The first-order valence-corrected chi connectivity index (χ1v) is 4.78. The molecule has 0 radical (unpaired) electrons. The van der Waals surface area contributed by atoms with Crippen molar-refractivity contribution in [3.63, 3.8) is 0 Å². The maximum absolute atomic E-state index is 13.0. The minimum absolute atomic E-state index is 0.207. The van der Waals surface area contributed by atoms with E-state index in [1.54, 1.807) is 6.07 Å². The molecule has 1 aliphatic rings. The highest BCUT2D eigenvalue weighted by Gasteiger charge is 2.18. The van der Waals surface area contributed by atoms with Crippen molar-refractivity contribution in [1.82, 2.24) is 0 Å². The number of rotatable bonds is 3. The van der Waals surface area contributed by atoms with Crippen LogP contribution in [0.5, 0.6) is 0 Å². The summed E-state index contributed by atoms with van der Waals surface area (Å²) in [6.07, 6.45) is 2.36. The van der Waals surface area contributed by atoms with Gasteiger partial charge in [-0.3, -0.25) is 0 Å². The molecule has 1 aromatic rings. The molecule has 2 nitrogen and oxygen atoms in total. The van der Waals surface area contributed by atoms with Crippen LogP contribution < -0.4 is 4.90 Å². The van der Waals surface area contributed by atoms with Gasteiger partial charge in [-0.15, -0.1) is 0 Å². The lowest BCUT2D eigenvalue weighted by atomic mass is 10.2. The number of halogens is 1. The molecule has 0 bridgehead atoms. The molecule has 1 heterocycles. The van der Waals surface area contributed by atoms with Crippen LogP contribution >= 0.6 is 0 Å². The molecule has 0 amide bonds. The summed E-state index contributed by atoms with van der Waals surface area (Å²) in [4.78, 5) is 12.3. The SMILES string of the molecule is O=CCCN1CCc2ccc(F)cc21. The summed E-state index contributed by atoms with van der Waals surface area (Å²) in [5.74, 6) is -0.207. The molecule has 0 saturated carbocycles. The van der Waals surface area contributed by atoms with E-state index >= 15 is 0 Å². The number of fused-ring (bicyclic) bond motifs is 1. The number of carbonyl (C=O) groups is 1. The molecule has 0 N–H and O–H groups in total. The minimum atomic E-state index is -0.207. The second-order valence-electron chi connectivity index (χ2n) is 3.47. The quantitative estimate of drug-likeness (QED) is 0.682. The molecule has 1 aliphatic heterocycles. The van der Waals surface area contributed by atoms with Crippen molar-refractivity contribution < 1.29 is 9.18 Å². The average molecular weight is 193 g/mol. The molecule has 0 fully saturated rings. The van der Waals surface area contributed by atoms with Crippen LogP contribution in [0.25, 0.3) is 0 Å². The molecular formula is C11H12FNO. The number of anilines is 1.